The number of amides is 1. The molecule has 1 heterocycles. The van der Waals surface area contributed by atoms with Gasteiger partial charge in [0, 0.05) is 11.3 Å². The quantitative estimate of drug-likeness (QED) is 0.469. The first-order chi connectivity index (χ1) is 14.8. The van der Waals surface area contributed by atoms with Gasteiger partial charge >= 0.3 is 0 Å². The minimum Gasteiger partial charge on any atom is -0.497 e. The molecule has 1 atom stereocenters. The third-order valence-electron chi connectivity index (χ3n) is 4.69. The van der Waals surface area contributed by atoms with Crippen LogP contribution in [0.5, 0.6) is 5.75 Å². The molecule has 0 saturated carbocycles. The predicted octanol–water partition coefficient (Wildman–Crippen LogP) is 5.07. The average molecular weight is 459 g/mol. The number of benzene rings is 2. The fourth-order valence-corrected chi connectivity index (χ4v) is 5.19. The minimum absolute atomic E-state index is 0.143. The van der Waals surface area contributed by atoms with Crippen molar-refractivity contribution in [1.82, 2.24) is 5.32 Å². The van der Waals surface area contributed by atoms with Crippen LogP contribution in [0.2, 0.25) is 0 Å². The molecule has 31 heavy (non-hydrogen) atoms. The van der Waals surface area contributed by atoms with Gasteiger partial charge in [0.1, 0.15) is 9.96 Å². The molecular formula is C23H26N2O4S2. The van der Waals surface area contributed by atoms with E-state index in [4.69, 9.17) is 4.74 Å². The highest BCUT2D eigenvalue weighted by molar-refractivity contribution is 7.94. The summed E-state index contributed by atoms with van der Waals surface area (Å²) >= 11 is 1.15. The van der Waals surface area contributed by atoms with E-state index in [1.54, 1.807) is 48.9 Å². The zero-order chi connectivity index (χ0) is 22.4. The number of sulfonamides is 1. The van der Waals surface area contributed by atoms with Gasteiger partial charge in [0.15, 0.2) is 0 Å². The fourth-order valence-electron chi connectivity index (χ4n) is 3.14. The summed E-state index contributed by atoms with van der Waals surface area (Å²) < 4.78 is 32.7. The Hall–Kier alpha value is -2.84. The van der Waals surface area contributed by atoms with Crippen LogP contribution in [0.15, 0.2) is 70.3 Å². The number of hydrogen-bond acceptors (Lipinski definition) is 5. The number of carbonyl (C=O) groups is 1. The smallest absolute Gasteiger partial charge is 0.271 e. The Balaban J connectivity index is 1.71. The van der Waals surface area contributed by atoms with Gasteiger partial charge in [-0.2, -0.15) is 0 Å². The molecule has 8 heteroatoms. The SMILES string of the molecule is COc1ccc([C@@H](CC(C)C)NC(=O)c2ccc(NS(=O)(=O)c3cccs3)cc2)cc1. The summed E-state index contributed by atoms with van der Waals surface area (Å²) in [7, 11) is -2.00. The van der Waals surface area contributed by atoms with E-state index >= 15 is 0 Å². The second kappa shape index (κ2) is 9.98. The van der Waals surface area contributed by atoms with Crippen LogP contribution in [0.4, 0.5) is 5.69 Å². The maximum Gasteiger partial charge on any atom is 0.271 e. The van der Waals surface area contributed by atoms with Gasteiger partial charge in [0.05, 0.1) is 13.2 Å². The molecule has 3 aromatic rings. The van der Waals surface area contributed by atoms with Crippen LogP contribution in [-0.4, -0.2) is 21.4 Å². The van der Waals surface area contributed by atoms with E-state index in [0.29, 0.717) is 17.2 Å². The maximum absolute atomic E-state index is 12.8. The molecule has 6 nitrogen and oxygen atoms in total. The molecule has 0 bridgehead atoms. The average Bonchev–Trinajstić information content (AvgIpc) is 3.29. The lowest BCUT2D eigenvalue weighted by molar-refractivity contribution is 0.0932. The van der Waals surface area contributed by atoms with E-state index in [2.05, 4.69) is 23.9 Å². The van der Waals surface area contributed by atoms with Crippen LogP contribution in [-0.2, 0) is 10.0 Å². The second-order valence-corrected chi connectivity index (χ2v) is 10.4. The standard InChI is InChI=1S/C23H26N2O4S2/c1-16(2)15-21(17-8-12-20(29-3)13-9-17)24-23(26)18-6-10-19(11-7-18)25-31(27,28)22-5-4-14-30-22/h4-14,16,21,25H,15H2,1-3H3,(H,24,26)/t21-/m1/s1. The molecule has 1 amide bonds. The second-order valence-electron chi connectivity index (χ2n) is 7.54. The molecule has 0 saturated heterocycles. The molecule has 164 valence electrons. The van der Waals surface area contributed by atoms with Crippen molar-refractivity contribution in [3.05, 3.63) is 77.2 Å². The fraction of sp³-hybridized carbons (Fsp3) is 0.261. The van der Waals surface area contributed by atoms with Gasteiger partial charge in [0.25, 0.3) is 15.9 Å². The lowest BCUT2D eigenvalue weighted by Gasteiger charge is -2.21. The summed E-state index contributed by atoms with van der Waals surface area (Å²) in [5.74, 6) is 0.939. The number of ether oxygens (including phenoxy) is 1. The van der Waals surface area contributed by atoms with Crippen LogP contribution >= 0.6 is 11.3 Å². The summed E-state index contributed by atoms with van der Waals surface area (Å²) in [6, 6.07) is 17.2. The predicted molar refractivity (Wildman–Crippen MR) is 124 cm³/mol. The summed E-state index contributed by atoms with van der Waals surface area (Å²) in [5.41, 5.74) is 1.86. The molecule has 0 aliphatic rings. The highest BCUT2D eigenvalue weighted by atomic mass is 32.2. The molecular weight excluding hydrogens is 432 g/mol. The van der Waals surface area contributed by atoms with E-state index in [9.17, 15) is 13.2 Å². The van der Waals surface area contributed by atoms with Crippen LogP contribution in [0, 0.1) is 5.92 Å². The molecule has 0 radical (unpaired) electrons. The van der Waals surface area contributed by atoms with Crippen LogP contribution in [0.3, 0.4) is 0 Å². The molecule has 2 aromatic carbocycles. The van der Waals surface area contributed by atoms with Crippen molar-refractivity contribution in [2.24, 2.45) is 5.92 Å². The minimum atomic E-state index is -3.62. The Morgan fingerprint density at radius 3 is 2.26 bits per heavy atom. The number of anilines is 1. The molecule has 0 fully saturated rings. The van der Waals surface area contributed by atoms with E-state index in [1.165, 1.54) is 0 Å². The van der Waals surface area contributed by atoms with Gasteiger partial charge in [-0.1, -0.05) is 32.0 Å². The number of thiophene rings is 1. The normalized spacial score (nSPS) is 12.4. The third kappa shape index (κ3) is 6.08. The van der Waals surface area contributed by atoms with E-state index < -0.39 is 10.0 Å². The van der Waals surface area contributed by atoms with E-state index in [-0.39, 0.29) is 16.2 Å². The van der Waals surface area contributed by atoms with Crippen molar-refractivity contribution in [3.63, 3.8) is 0 Å². The van der Waals surface area contributed by atoms with Crippen molar-refractivity contribution in [3.8, 4) is 5.75 Å². The topological polar surface area (TPSA) is 84.5 Å². The van der Waals surface area contributed by atoms with Gasteiger partial charge in [-0.3, -0.25) is 9.52 Å². The summed E-state index contributed by atoms with van der Waals surface area (Å²) in [5, 5.41) is 4.80. The van der Waals surface area contributed by atoms with Crippen molar-refractivity contribution in [1.29, 1.82) is 0 Å². The number of nitrogens with one attached hydrogen (secondary N) is 2. The molecule has 0 aliphatic carbocycles. The first-order valence-electron chi connectivity index (χ1n) is 9.89. The first kappa shape index (κ1) is 22.8. The highest BCUT2D eigenvalue weighted by Gasteiger charge is 2.18. The van der Waals surface area contributed by atoms with Crippen molar-refractivity contribution in [2.75, 3.05) is 11.8 Å². The Morgan fingerprint density at radius 1 is 1.03 bits per heavy atom. The Labute approximate surface area is 187 Å². The summed E-state index contributed by atoms with van der Waals surface area (Å²) in [6.07, 6.45) is 0.788. The lowest BCUT2D eigenvalue weighted by atomic mass is 9.96. The number of hydrogen-bond donors (Lipinski definition) is 2. The number of carbonyl (C=O) groups excluding carboxylic acids is 1. The van der Waals surface area contributed by atoms with Crippen LogP contribution in [0.1, 0.15) is 42.2 Å². The van der Waals surface area contributed by atoms with Crippen molar-refractivity contribution in [2.45, 2.75) is 30.5 Å². The van der Waals surface area contributed by atoms with Gasteiger partial charge in [-0.05, 0) is 65.7 Å². The lowest BCUT2D eigenvalue weighted by Crippen LogP contribution is -2.29. The largest absolute Gasteiger partial charge is 0.497 e. The first-order valence-corrected chi connectivity index (χ1v) is 12.3. The van der Waals surface area contributed by atoms with Gasteiger partial charge in [-0.25, -0.2) is 8.42 Å². The van der Waals surface area contributed by atoms with Crippen molar-refractivity contribution < 1.29 is 17.9 Å². The Morgan fingerprint density at radius 2 is 1.71 bits per heavy atom. The Bertz CT molecular complexity index is 1090. The zero-order valence-electron chi connectivity index (χ0n) is 17.7. The van der Waals surface area contributed by atoms with Gasteiger partial charge in [-0.15, -0.1) is 11.3 Å². The molecule has 0 unspecified atom stereocenters. The molecule has 0 spiro atoms. The molecule has 3 rings (SSSR count). The van der Waals surface area contributed by atoms with E-state index in [1.807, 2.05) is 24.3 Å². The van der Waals surface area contributed by atoms with Gasteiger partial charge in [0.2, 0.25) is 0 Å². The molecule has 2 N–H and O–H groups in total. The maximum atomic E-state index is 12.8. The molecule has 1 aromatic heterocycles. The van der Waals surface area contributed by atoms with Gasteiger partial charge < -0.3 is 10.1 Å². The van der Waals surface area contributed by atoms with E-state index in [0.717, 1.165) is 29.1 Å². The van der Waals surface area contributed by atoms with Crippen LogP contribution < -0.4 is 14.8 Å². The Kier molecular flexibility index (Phi) is 7.35. The zero-order valence-corrected chi connectivity index (χ0v) is 19.3. The number of rotatable bonds is 9. The summed E-state index contributed by atoms with van der Waals surface area (Å²) in [4.78, 5) is 12.8. The highest BCUT2D eigenvalue weighted by Crippen LogP contribution is 2.25. The van der Waals surface area contributed by atoms with Crippen LogP contribution in [0.25, 0.3) is 0 Å². The third-order valence-corrected chi connectivity index (χ3v) is 7.47. The molecule has 0 aliphatic heterocycles. The monoisotopic (exact) mass is 458 g/mol. The summed E-state index contributed by atoms with van der Waals surface area (Å²) in [6.45, 7) is 4.22. The van der Waals surface area contributed by atoms with Crippen molar-refractivity contribution >= 4 is 33.0 Å². The number of methoxy groups -OCH3 is 1.